The average molecular weight is 318 g/mol. The summed E-state index contributed by atoms with van der Waals surface area (Å²) in [6.07, 6.45) is 8.76. The number of rotatable bonds is 0. The number of cyclic esters (lactones) is 1. The first-order chi connectivity index (χ1) is 11.0. The van der Waals surface area contributed by atoms with E-state index in [-0.39, 0.29) is 23.2 Å². The fourth-order valence-electron chi connectivity index (χ4n) is 2.46. The number of phenols is 2. The molecule has 1 aromatic rings. The normalized spacial score (nSPS) is 25.7. The Balaban J connectivity index is 2.34. The number of esters is 1. The monoisotopic (exact) mass is 318 g/mol. The third kappa shape index (κ3) is 4.86. The number of carbonyl (C=O) groups excluding carboxylic acids is 1. The van der Waals surface area contributed by atoms with Crippen LogP contribution in [0.2, 0.25) is 0 Å². The number of allylic oxidation sites excluding steroid dienone is 1. The Kier molecular flexibility index (Phi) is 5.82. The third-order valence-corrected chi connectivity index (χ3v) is 3.64. The van der Waals surface area contributed by atoms with Gasteiger partial charge in [0.25, 0.3) is 0 Å². The van der Waals surface area contributed by atoms with Gasteiger partial charge in [-0.2, -0.15) is 0 Å². The van der Waals surface area contributed by atoms with Crippen molar-refractivity contribution in [3.8, 4) is 11.5 Å². The minimum absolute atomic E-state index is 0.0481. The zero-order valence-electron chi connectivity index (χ0n) is 13.1. The number of aliphatic hydroxyl groups is 1. The molecule has 124 valence electrons. The molecule has 5 nitrogen and oxygen atoms in total. The van der Waals surface area contributed by atoms with E-state index in [1.807, 2.05) is 6.08 Å². The predicted molar refractivity (Wildman–Crippen MR) is 87.3 cm³/mol. The molecule has 0 amide bonds. The molecule has 0 radical (unpaired) electrons. The van der Waals surface area contributed by atoms with Crippen LogP contribution in [0.3, 0.4) is 0 Å². The zero-order valence-corrected chi connectivity index (χ0v) is 13.1. The SMILES string of the molecule is C[C@H]1C/C=C/C(O)CCC/C=C/c2cc(O)cc(O)c2C(=O)O1. The van der Waals surface area contributed by atoms with Gasteiger partial charge < -0.3 is 20.1 Å². The number of hydrogen-bond donors (Lipinski definition) is 3. The van der Waals surface area contributed by atoms with E-state index in [1.54, 1.807) is 25.2 Å². The molecule has 2 atom stereocenters. The summed E-state index contributed by atoms with van der Waals surface area (Å²) in [6, 6.07) is 2.54. The molecule has 0 saturated carbocycles. The lowest BCUT2D eigenvalue weighted by atomic mass is 10.0. The standard InChI is InChI=1S/C18H22O5/c1-12-6-5-9-14(19)8-4-2-3-7-13-10-15(20)11-16(21)17(13)18(22)23-12/h3,5,7,9-12,14,19-21H,2,4,6,8H2,1H3/b7-3+,9-5+/t12-,14?/m0/s1. The summed E-state index contributed by atoms with van der Waals surface area (Å²) < 4.78 is 5.33. The molecule has 0 spiro atoms. The van der Waals surface area contributed by atoms with Crippen LogP contribution in [0.15, 0.2) is 30.4 Å². The molecule has 0 aromatic heterocycles. The summed E-state index contributed by atoms with van der Waals surface area (Å²) in [5.41, 5.74) is 0.458. The summed E-state index contributed by atoms with van der Waals surface area (Å²) >= 11 is 0. The van der Waals surface area contributed by atoms with E-state index in [0.717, 1.165) is 12.5 Å². The van der Waals surface area contributed by atoms with Crippen molar-refractivity contribution in [2.75, 3.05) is 0 Å². The second-order valence-electron chi connectivity index (χ2n) is 5.71. The number of aromatic hydroxyl groups is 2. The first-order valence-corrected chi connectivity index (χ1v) is 7.75. The summed E-state index contributed by atoms with van der Waals surface area (Å²) in [7, 11) is 0. The van der Waals surface area contributed by atoms with Crippen LogP contribution in [0, 0.1) is 0 Å². The van der Waals surface area contributed by atoms with Gasteiger partial charge in [-0.1, -0.05) is 24.3 Å². The lowest BCUT2D eigenvalue weighted by Gasteiger charge is -2.15. The van der Waals surface area contributed by atoms with E-state index >= 15 is 0 Å². The highest BCUT2D eigenvalue weighted by Gasteiger charge is 2.20. The van der Waals surface area contributed by atoms with E-state index < -0.39 is 12.1 Å². The summed E-state index contributed by atoms with van der Waals surface area (Å²) in [5.74, 6) is -1.06. The van der Waals surface area contributed by atoms with Crippen molar-refractivity contribution in [1.82, 2.24) is 0 Å². The number of aliphatic hydroxyl groups excluding tert-OH is 1. The average Bonchev–Trinajstić information content (AvgIpc) is 2.45. The molecule has 1 heterocycles. The molecule has 2 rings (SSSR count). The second kappa shape index (κ2) is 7.83. The third-order valence-electron chi connectivity index (χ3n) is 3.64. The van der Waals surface area contributed by atoms with Gasteiger partial charge >= 0.3 is 5.97 Å². The molecular weight excluding hydrogens is 296 g/mol. The molecule has 1 aromatic carbocycles. The minimum atomic E-state index is -0.638. The second-order valence-corrected chi connectivity index (χ2v) is 5.71. The van der Waals surface area contributed by atoms with E-state index in [0.29, 0.717) is 24.8 Å². The van der Waals surface area contributed by atoms with Crippen molar-refractivity contribution in [3.05, 3.63) is 41.5 Å². The maximum Gasteiger partial charge on any atom is 0.342 e. The molecule has 5 heteroatoms. The maximum absolute atomic E-state index is 12.3. The summed E-state index contributed by atoms with van der Waals surface area (Å²) in [5, 5.41) is 29.4. The fraction of sp³-hybridized carbons (Fsp3) is 0.389. The Morgan fingerprint density at radius 2 is 2.00 bits per heavy atom. The Morgan fingerprint density at radius 3 is 2.78 bits per heavy atom. The Labute approximate surface area is 135 Å². The first-order valence-electron chi connectivity index (χ1n) is 7.75. The highest BCUT2D eigenvalue weighted by molar-refractivity contribution is 5.97. The molecule has 3 N–H and O–H groups in total. The van der Waals surface area contributed by atoms with Crippen LogP contribution >= 0.6 is 0 Å². The van der Waals surface area contributed by atoms with Crippen LogP contribution in [0.5, 0.6) is 11.5 Å². The number of benzene rings is 1. The first kappa shape index (κ1) is 17.1. The maximum atomic E-state index is 12.3. The lowest BCUT2D eigenvalue weighted by molar-refractivity contribution is 0.0344. The molecule has 0 saturated heterocycles. The van der Waals surface area contributed by atoms with Crippen LogP contribution < -0.4 is 0 Å². The van der Waals surface area contributed by atoms with Gasteiger partial charge in [-0.05, 0) is 37.8 Å². The van der Waals surface area contributed by atoms with Crippen LogP contribution in [-0.4, -0.2) is 33.5 Å². The molecule has 1 aliphatic heterocycles. The van der Waals surface area contributed by atoms with Gasteiger partial charge in [0.05, 0.1) is 6.10 Å². The smallest absolute Gasteiger partial charge is 0.342 e. The highest BCUT2D eigenvalue weighted by Crippen LogP contribution is 2.29. The van der Waals surface area contributed by atoms with Gasteiger partial charge in [-0.25, -0.2) is 4.79 Å². The van der Waals surface area contributed by atoms with Gasteiger partial charge in [-0.3, -0.25) is 0 Å². The van der Waals surface area contributed by atoms with Crippen LogP contribution in [0.4, 0.5) is 0 Å². The highest BCUT2D eigenvalue weighted by atomic mass is 16.5. The van der Waals surface area contributed by atoms with E-state index in [4.69, 9.17) is 4.74 Å². The van der Waals surface area contributed by atoms with Gasteiger partial charge in [0.1, 0.15) is 23.2 Å². The quantitative estimate of drug-likeness (QED) is 0.505. The predicted octanol–water partition coefficient (Wildman–Crippen LogP) is 3.15. The van der Waals surface area contributed by atoms with Crippen molar-refractivity contribution in [1.29, 1.82) is 0 Å². The minimum Gasteiger partial charge on any atom is -0.508 e. The topological polar surface area (TPSA) is 87.0 Å². The zero-order chi connectivity index (χ0) is 16.8. The molecular formula is C18H22O5. The number of hydrogen-bond acceptors (Lipinski definition) is 5. The molecule has 0 bridgehead atoms. The Bertz CT molecular complexity index is 618. The van der Waals surface area contributed by atoms with Crippen molar-refractivity contribution < 1.29 is 24.9 Å². The van der Waals surface area contributed by atoms with Gasteiger partial charge in [0, 0.05) is 12.5 Å². The van der Waals surface area contributed by atoms with E-state index in [1.165, 1.54) is 6.07 Å². The number of ether oxygens (including phenoxy) is 1. The number of fused-ring (bicyclic) bond motifs is 1. The van der Waals surface area contributed by atoms with Gasteiger partial charge in [-0.15, -0.1) is 0 Å². The van der Waals surface area contributed by atoms with Crippen molar-refractivity contribution in [3.63, 3.8) is 0 Å². The molecule has 0 aliphatic carbocycles. The van der Waals surface area contributed by atoms with Crippen LogP contribution in [0.1, 0.15) is 48.5 Å². The largest absolute Gasteiger partial charge is 0.508 e. The Hall–Kier alpha value is -2.27. The number of carbonyl (C=O) groups is 1. The molecule has 1 aliphatic rings. The van der Waals surface area contributed by atoms with Crippen LogP contribution in [0.25, 0.3) is 6.08 Å². The van der Waals surface area contributed by atoms with Crippen molar-refractivity contribution in [2.45, 2.75) is 44.8 Å². The van der Waals surface area contributed by atoms with Crippen molar-refractivity contribution in [2.24, 2.45) is 0 Å². The van der Waals surface area contributed by atoms with Gasteiger partial charge in [0.15, 0.2) is 0 Å². The fourth-order valence-corrected chi connectivity index (χ4v) is 2.46. The van der Waals surface area contributed by atoms with E-state index in [2.05, 4.69) is 0 Å². The molecule has 23 heavy (non-hydrogen) atoms. The Morgan fingerprint density at radius 1 is 1.22 bits per heavy atom. The van der Waals surface area contributed by atoms with Crippen molar-refractivity contribution >= 4 is 12.0 Å². The summed E-state index contributed by atoms with van der Waals surface area (Å²) in [6.45, 7) is 1.74. The lowest BCUT2D eigenvalue weighted by Crippen LogP contribution is -2.16. The van der Waals surface area contributed by atoms with Crippen LogP contribution in [-0.2, 0) is 4.74 Å². The summed E-state index contributed by atoms with van der Waals surface area (Å²) in [4.78, 5) is 12.3. The van der Waals surface area contributed by atoms with Gasteiger partial charge in [0.2, 0.25) is 0 Å². The molecule has 1 unspecified atom stereocenters. The number of phenolic OH excluding ortho intramolecular Hbond substituents is 2. The van der Waals surface area contributed by atoms with E-state index in [9.17, 15) is 20.1 Å². The molecule has 0 fully saturated rings.